The Hall–Kier alpha value is -3.90. The van der Waals surface area contributed by atoms with Crippen molar-refractivity contribution in [3.8, 4) is 22.6 Å². The molecule has 0 unspecified atom stereocenters. The first-order valence-electron chi connectivity index (χ1n) is 11.9. The molecule has 3 aromatic heterocycles. The zero-order chi connectivity index (χ0) is 26.0. The van der Waals surface area contributed by atoms with E-state index in [2.05, 4.69) is 19.6 Å². The van der Waals surface area contributed by atoms with Crippen LogP contribution in [0.2, 0.25) is 0 Å². The molecule has 192 valence electrons. The van der Waals surface area contributed by atoms with Crippen LogP contribution < -0.4 is 15.4 Å². The fraction of sp³-hybridized carbons (Fsp3) is 0.280. The summed E-state index contributed by atoms with van der Waals surface area (Å²) in [4.78, 5) is 20.4. The number of morpholine rings is 1. The Labute approximate surface area is 213 Å². The number of hydrogen-bond donors (Lipinski definition) is 2. The lowest BCUT2D eigenvalue weighted by molar-refractivity contribution is 0.122. The number of aromatic nitrogens is 4. The van der Waals surface area contributed by atoms with Crippen LogP contribution in [0.25, 0.3) is 33.7 Å². The van der Waals surface area contributed by atoms with Gasteiger partial charge in [-0.3, -0.25) is 4.72 Å². The minimum absolute atomic E-state index is 0.100. The molecule has 37 heavy (non-hydrogen) atoms. The van der Waals surface area contributed by atoms with Gasteiger partial charge in [0.2, 0.25) is 10.0 Å². The van der Waals surface area contributed by atoms with E-state index in [4.69, 9.17) is 20.4 Å². The van der Waals surface area contributed by atoms with E-state index in [0.717, 1.165) is 0 Å². The third-order valence-corrected chi connectivity index (χ3v) is 7.37. The van der Waals surface area contributed by atoms with E-state index in [1.165, 1.54) is 6.07 Å². The van der Waals surface area contributed by atoms with Crippen LogP contribution in [0.3, 0.4) is 0 Å². The maximum Gasteiger partial charge on any atom is 0.232 e. The Morgan fingerprint density at radius 1 is 1.08 bits per heavy atom. The number of rotatable bonds is 7. The highest BCUT2D eigenvalue weighted by atomic mass is 32.2. The van der Waals surface area contributed by atoms with Gasteiger partial charge in [-0.25, -0.2) is 32.7 Å². The molecule has 0 radical (unpaired) electrons. The Morgan fingerprint density at radius 2 is 1.89 bits per heavy atom. The normalized spacial score (nSPS) is 14.2. The van der Waals surface area contributed by atoms with Crippen LogP contribution in [-0.4, -0.2) is 60.4 Å². The van der Waals surface area contributed by atoms with Crippen LogP contribution in [0.15, 0.2) is 48.7 Å². The summed E-state index contributed by atoms with van der Waals surface area (Å²) in [6, 6.07) is 11.4. The number of benzene rings is 1. The molecule has 1 aliphatic heterocycles. The van der Waals surface area contributed by atoms with E-state index in [-0.39, 0.29) is 17.0 Å². The molecule has 1 fully saturated rings. The van der Waals surface area contributed by atoms with Crippen molar-refractivity contribution in [1.29, 1.82) is 0 Å². The number of nitrogen functional groups attached to an aromatic ring is 1. The van der Waals surface area contributed by atoms with Gasteiger partial charge >= 0.3 is 0 Å². The number of hydrogen-bond acceptors (Lipinski definition) is 9. The lowest BCUT2D eigenvalue weighted by atomic mass is 10.1. The van der Waals surface area contributed by atoms with Crippen molar-refractivity contribution in [1.82, 2.24) is 19.9 Å². The zero-order valence-corrected chi connectivity index (χ0v) is 21.0. The van der Waals surface area contributed by atoms with Crippen LogP contribution in [0.5, 0.6) is 0 Å². The Balaban J connectivity index is 1.62. The monoisotopic (exact) mass is 523 g/mol. The first kappa shape index (κ1) is 24.8. The van der Waals surface area contributed by atoms with Crippen molar-refractivity contribution >= 4 is 38.4 Å². The van der Waals surface area contributed by atoms with Gasteiger partial charge in [0.05, 0.1) is 35.9 Å². The molecule has 3 N–H and O–H groups in total. The first-order chi connectivity index (χ1) is 17.8. The lowest BCUT2D eigenvalue weighted by Crippen LogP contribution is -2.37. The second-order valence-electron chi connectivity index (χ2n) is 8.59. The number of sulfonamides is 1. The van der Waals surface area contributed by atoms with E-state index < -0.39 is 15.8 Å². The molecule has 0 saturated carbocycles. The largest absolute Gasteiger partial charge is 0.384 e. The summed E-state index contributed by atoms with van der Waals surface area (Å²) < 4.78 is 47.8. The molecule has 1 aliphatic rings. The summed E-state index contributed by atoms with van der Waals surface area (Å²) in [7, 11) is -3.66. The van der Waals surface area contributed by atoms with Gasteiger partial charge in [0.15, 0.2) is 17.5 Å². The topological polar surface area (TPSA) is 136 Å². The van der Waals surface area contributed by atoms with E-state index in [0.29, 0.717) is 72.5 Å². The number of anilines is 3. The minimum atomic E-state index is -3.66. The number of pyridine rings is 2. The van der Waals surface area contributed by atoms with Gasteiger partial charge in [-0.05, 0) is 42.8 Å². The molecule has 4 heterocycles. The minimum Gasteiger partial charge on any atom is -0.384 e. The van der Waals surface area contributed by atoms with Crippen LogP contribution in [-0.2, 0) is 14.8 Å². The summed E-state index contributed by atoms with van der Waals surface area (Å²) in [6.07, 6.45) is 2.03. The Bertz CT molecular complexity index is 1540. The summed E-state index contributed by atoms with van der Waals surface area (Å²) in [6.45, 7) is 4.05. The number of nitrogens with one attached hydrogen (secondary N) is 1. The molecule has 4 aromatic rings. The molecule has 10 nitrogen and oxygen atoms in total. The number of nitrogens with two attached hydrogens (primary N) is 1. The fourth-order valence-corrected chi connectivity index (χ4v) is 5.24. The fourth-order valence-electron chi connectivity index (χ4n) is 4.11. The maximum absolute atomic E-state index is 15.5. The van der Waals surface area contributed by atoms with Gasteiger partial charge in [0, 0.05) is 30.4 Å². The molecule has 0 spiro atoms. The summed E-state index contributed by atoms with van der Waals surface area (Å²) >= 11 is 0. The van der Waals surface area contributed by atoms with Crippen molar-refractivity contribution in [3.05, 3.63) is 54.5 Å². The van der Waals surface area contributed by atoms with Gasteiger partial charge < -0.3 is 15.4 Å². The molecular weight excluding hydrogens is 497 g/mol. The highest BCUT2D eigenvalue weighted by Gasteiger charge is 2.21. The number of nitrogens with zero attached hydrogens (tertiary/aromatic N) is 5. The highest BCUT2D eigenvalue weighted by Crippen LogP contribution is 2.32. The van der Waals surface area contributed by atoms with E-state index in [1.54, 1.807) is 49.5 Å². The molecule has 12 heteroatoms. The molecule has 5 rings (SSSR count). The van der Waals surface area contributed by atoms with E-state index in [1.807, 2.05) is 0 Å². The van der Waals surface area contributed by atoms with Crippen molar-refractivity contribution in [3.63, 3.8) is 0 Å². The summed E-state index contributed by atoms with van der Waals surface area (Å²) in [5.74, 6) is 0.659. The van der Waals surface area contributed by atoms with Crippen molar-refractivity contribution in [2.75, 3.05) is 47.4 Å². The molecule has 0 atom stereocenters. The summed E-state index contributed by atoms with van der Waals surface area (Å²) in [5.41, 5.74) is 7.89. The molecule has 1 saturated heterocycles. The number of halogens is 1. The van der Waals surface area contributed by atoms with Crippen LogP contribution in [0.1, 0.15) is 13.3 Å². The predicted molar refractivity (Wildman–Crippen MR) is 141 cm³/mol. The average molecular weight is 524 g/mol. The quantitative estimate of drug-likeness (QED) is 0.373. The molecule has 0 bridgehead atoms. The van der Waals surface area contributed by atoms with Crippen LogP contribution in [0.4, 0.5) is 21.7 Å². The number of ether oxygens (including phenoxy) is 1. The second-order valence-corrected chi connectivity index (χ2v) is 10.4. The van der Waals surface area contributed by atoms with Crippen molar-refractivity contribution in [2.24, 2.45) is 0 Å². The lowest BCUT2D eigenvalue weighted by Gasteiger charge is -2.28. The van der Waals surface area contributed by atoms with Gasteiger partial charge in [-0.2, -0.15) is 0 Å². The number of fused-ring (bicyclic) bond motifs is 1. The van der Waals surface area contributed by atoms with E-state index in [9.17, 15) is 8.42 Å². The zero-order valence-electron chi connectivity index (χ0n) is 20.2. The van der Waals surface area contributed by atoms with Gasteiger partial charge in [0.1, 0.15) is 11.3 Å². The first-order valence-corrected chi connectivity index (χ1v) is 13.5. The van der Waals surface area contributed by atoms with Crippen LogP contribution >= 0.6 is 0 Å². The molecular formula is C25H26FN7O3S. The van der Waals surface area contributed by atoms with Crippen molar-refractivity contribution in [2.45, 2.75) is 13.3 Å². The molecule has 0 amide bonds. The smallest absolute Gasteiger partial charge is 0.232 e. The standard InChI is InChI=1S/C25H26FN7O3S/c1-2-14-37(34,35)32-19-5-3-4-17(22(19)26)18-7-8-20-23(29-18)25(33-10-12-36-13-11-33)31-24(30-20)16-6-9-21(27)28-15-16/h3-9,15,32H,2,10-14H2,1H3,(H2,27,28). The maximum atomic E-state index is 15.5. The predicted octanol–water partition coefficient (Wildman–Crippen LogP) is 3.46. The van der Waals surface area contributed by atoms with Crippen LogP contribution in [0, 0.1) is 5.82 Å². The average Bonchev–Trinajstić information content (AvgIpc) is 2.90. The van der Waals surface area contributed by atoms with Gasteiger partial charge in [0.25, 0.3) is 0 Å². The highest BCUT2D eigenvalue weighted by molar-refractivity contribution is 7.92. The molecule has 1 aromatic carbocycles. The van der Waals surface area contributed by atoms with Crippen molar-refractivity contribution < 1.29 is 17.5 Å². The third kappa shape index (κ3) is 5.30. The van der Waals surface area contributed by atoms with Gasteiger partial charge in [-0.15, -0.1) is 0 Å². The second kappa shape index (κ2) is 10.2. The Kier molecular flexibility index (Phi) is 6.85. The van der Waals surface area contributed by atoms with E-state index >= 15 is 4.39 Å². The molecule has 0 aliphatic carbocycles. The third-order valence-electron chi connectivity index (χ3n) is 5.89. The Morgan fingerprint density at radius 3 is 2.62 bits per heavy atom. The summed E-state index contributed by atoms with van der Waals surface area (Å²) in [5, 5.41) is 0. The SMILES string of the molecule is CCCS(=O)(=O)Nc1cccc(-c2ccc3nc(-c4ccc(N)nc4)nc(N4CCOCC4)c3n2)c1F. The van der Waals surface area contributed by atoms with Gasteiger partial charge in [-0.1, -0.05) is 13.0 Å².